The quantitative estimate of drug-likeness (QED) is 0.825. The van der Waals surface area contributed by atoms with E-state index in [2.05, 4.69) is 30.4 Å². The Hall–Kier alpha value is -1.55. The molecule has 2 aromatic carbocycles. The highest BCUT2D eigenvalue weighted by atomic mass is 35.5. The Morgan fingerprint density at radius 2 is 2.00 bits per heavy atom. The van der Waals surface area contributed by atoms with Gasteiger partial charge in [0.25, 0.3) is 0 Å². The number of benzene rings is 2. The predicted molar refractivity (Wildman–Crippen MR) is 85.8 cm³/mol. The number of nitrogens with one attached hydrogen (secondary N) is 1. The Kier molecular flexibility index (Phi) is 6.05. The van der Waals surface area contributed by atoms with E-state index < -0.39 is 6.10 Å². The van der Waals surface area contributed by atoms with Crippen LogP contribution in [0.5, 0.6) is 5.75 Å². The fraction of sp³-hybridized carbons (Fsp3) is 0.294. The van der Waals surface area contributed by atoms with E-state index in [4.69, 9.17) is 16.3 Å². The number of aliphatic hydroxyl groups excluding tert-OH is 1. The van der Waals surface area contributed by atoms with E-state index >= 15 is 0 Å². The highest BCUT2D eigenvalue weighted by Gasteiger charge is 2.06. The maximum atomic E-state index is 9.90. The molecule has 2 aromatic rings. The van der Waals surface area contributed by atoms with Crippen molar-refractivity contribution >= 4 is 11.6 Å². The number of aliphatic hydroxyl groups is 1. The van der Waals surface area contributed by atoms with E-state index in [0.29, 0.717) is 17.3 Å². The predicted octanol–water partition coefficient (Wildman–Crippen LogP) is 3.18. The van der Waals surface area contributed by atoms with E-state index in [1.807, 2.05) is 18.2 Å². The molecule has 2 N–H and O–H groups in total. The molecular formula is C17H20ClNO2. The minimum absolute atomic E-state index is 0.213. The third-order valence-corrected chi connectivity index (χ3v) is 3.37. The summed E-state index contributed by atoms with van der Waals surface area (Å²) in [5, 5.41) is 13.7. The second kappa shape index (κ2) is 8.03. The van der Waals surface area contributed by atoms with Crippen molar-refractivity contribution in [2.24, 2.45) is 0 Å². The van der Waals surface area contributed by atoms with Crippen LogP contribution in [-0.2, 0) is 6.54 Å². The first-order chi connectivity index (χ1) is 10.1. The van der Waals surface area contributed by atoms with Crippen LogP contribution < -0.4 is 10.1 Å². The van der Waals surface area contributed by atoms with Crippen molar-refractivity contribution in [2.45, 2.75) is 19.6 Å². The highest BCUT2D eigenvalue weighted by molar-refractivity contribution is 6.32. The minimum atomic E-state index is -0.578. The van der Waals surface area contributed by atoms with E-state index in [-0.39, 0.29) is 6.61 Å². The van der Waals surface area contributed by atoms with Gasteiger partial charge in [-0.3, -0.25) is 0 Å². The molecule has 0 heterocycles. The van der Waals surface area contributed by atoms with Crippen LogP contribution in [0.15, 0.2) is 48.5 Å². The van der Waals surface area contributed by atoms with Crippen molar-refractivity contribution in [3.8, 4) is 5.75 Å². The summed E-state index contributed by atoms with van der Waals surface area (Å²) in [6.45, 7) is 3.48. The van der Waals surface area contributed by atoms with Gasteiger partial charge in [0, 0.05) is 13.1 Å². The Labute approximate surface area is 130 Å². The zero-order chi connectivity index (χ0) is 15.1. The molecule has 1 atom stereocenters. The highest BCUT2D eigenvalue weighted by Crippen LogP contribution is 2.23. The van der Waals surface area contributed by atoms with Crippen LogP contribution in [-0.4, -0.2) is 24.4 Å². The minimum Gasteiger partial charge on any atom is -0.489 e. The molecule has 0 amide bonds. The Balaban J connectivity index is 1.70. The summed E-state index contributed by atoms with van der Waals surface area (Å²) in [5.41, 5.74) is 2.44. The maximum absolute atomic E-state index is 9.90. The summed E-state index contributed by atoms with van der Waals surface area (Å²) in [6.07, 6.45) is -0.578. The Morgan fingerprint density at radius 1 is 1.19 bits per heavy atom. The number of hydrogen-bond donors (Lipinski definition) is 2. The molecule has 0 aromatic heterocycles. The van der Waals surface area contributed by atoms with Gasteiger partial charge in [0.15, 0.2) is 0 Å². The molecule has 0 saturated carbocycles. The number of rotatable bonds is 7. The normalized spacial score (nSPS) is 12.1. The number of hydrogen-bond acceptors (Lipinski definition) is 3. The van der Waals surface area contributed by atoms with Crippen LogP contribution in [0, 0.1) is 6.92 Å². The van der Waals surface area contributed by atoms with Crippen molar-refractivity contribution in [3.63, 3.8) is 0 Å². The molecule has 0 radical (unpaired) electrons. The molecule has 0 aliphatic carbocycles. The van der Waals surface area contributed by atoms with Crippen molar-refractivity contribution < 1.29 is 9.84 Å². The third kappa shape index (κ3) is 5.38. The maximum Gasteiger partial charge on any atom is 0.138 e. The average molecular weight is 306 g/mol. The lowest BCUT2D eigenvalue weighted by molar-refractivity contribution is 0.106. The molecule has 0 spiro atoms. The zero-order valence-electron chi connectivity index (χ0n) is 12.1. The molecule has 0 aliphatic heterocycles. The first-order valence-electron chi connectivity index (χ1n) is 6.97. The second-order valence-electron chi connectivity index (χ2n) is 5.02. The number of ether oxygens (including phenoxy) is 1. The monoisotopic (exact) mass is 305 g/mol. The summed E-state index contributed by atoms with van der Waals surface area (Å²) >= 11 is 5.98. The standard InChI is InChI=1S/C17H20ClNO2/c1-13-5-4-6-14(9-13)10-19-11-15(20)12-21-17-8-3-2-7-16(17)18/h2-9,15,19-20H,10-12H2,1H3. The van der Waals surface area contributed by atoms with Gasteiger partial charge in [-0.2, -0.15) is 0 Å². The van der Waals surface area contributed by atoms with Gasteiger partial charge in [-0.05, 0) is 24.6 Å². The number of halogens is 1. The summed E-state index contributed by atoms with van der Waals surface area (Å²) in [5.74, 6) is 0.594. The molecule has 1 unspecified atom stereocenters. The molecule has 21 heavy (non-hydrogen) atoms. The third-order valence-electron chi connectivity index (χ3n) is 3.06. The Bertz CT molecular complexity index is 574. The molecule has 2 rings (SSSR count). The molecule has 0 fully saturated rings. The van der Waals surface area contributed by atoms with Gasteiger partial charge in [0.05, 0.1) is 5.02 Å². The van der Waals surface area contributed by atoms with Gasteiger partial charge >= 0.3 is 0 Å². The Morgan fingerprint density at radius 3 is 2.76 bits per heavy atom. The van der Waals surface area contributed by atoms with Crippen LogP contribution in [0.3, 0.4) is 0 Å². The first-order valence-corrected chi connectivity index (χ1v) is 7.34. The summed E-state index contributed by atoms with van der Waals surface area (Å²) in [7, 11) is 0. The average Bonchev–Trinajstić information content (AvgIpc) is 2.46. The van der Waals surface area contributed by atoms with Crippen molar-refractivity contribution in [1.29, 1.82) is 0 Å². The fourth-order valence-corrected chi connectivity index (χ4v) is 2.20. The fourth-order valence-electron chi connectivity index (χ4n) is 2.01. The summed E-state index contributed by atoms with van der Waals surface area (Å²) in [6, 6.07) is 15.5. The second-order valence-corrected chi connectivity index (χ2v) is 5.42. The molecule has 4 heteroatoms. The molecular weight excluding hydrogens is 286 g/mol. The van der Waals surface area contributed by atoms with Gasteiger partial charge in [-0.1, -0.05) is 53.6 Å². The van der Waals surface area contributed by atoms with E-state index in [1.165, 1.54) is 11.1 Å². The van der Waals surface area contributed by atoms with Crippen LogP contribution >= 0.6 is 11.6 Å². The van der Waals surface area contributed by atoms with Crippen LogP contribution in [0.25, 0.3) is 0 Å². The number of aryl methyl sites for hydroxylation is 1. The molecule has 0 aliphatic rings. The largest absolute Gasteiger partial charge is 0.489 e. The van der Waals surface area contributed by atoms with Crippen LogP contribution in [0.1, 0.15) is 11.1 Å². The van der Waals surface area contributed by atoms with Gasteiger partial charge < -0.3 is 15.2 Å². The smallest absolute Gasteiger partial charge is 0.138 e. The van der Waals surface area contributed by atoms with Crippen molar-refractivity contribution in [1.82, 2.24) is 5.32 Å². The van der Waals surface area contributed by atoms with Crippen LogP contribution in [0.4, 0.5) is 0 Å². The molecule has 112 valence electrons. The van der Waals surface area contributed by atoms with Crippen molar-refractivity contribution in [2.75, 3.05) is 13.2 Å². The van der Waals surface area contributed by atoms with Gasteiger partial charge in [0.2, 0.25) is 0 Å². The van der Waals surface area contributed by atoms with E-state index in [1.54, 1.807) is 12.1 Å². The molecule has 0 bridgehead atoms. The molecule has 0 saturated heterocycles. The van der Waals surface area contributed by atoms with Crippen molar-refractivity contribution in [3.05, 3.63) is 64.7 Å². The van der Waals surface area contributed by atoms with Gasteiger partial charge in [-0.25, -0.2) is 0 Å². The SMILES string of the molecule is Cc1cccc(CNCC(O)COc2ccccc2Cl)c1. The first kappa shape index (κ1) is 15.8. The lowest BCUT2D eigenvalue weighted by Gasteiger charge is -2.14. The van der Waals surface area contributed by atoms with E-state index in [0.717, 1.165) is 6.54 Å². The van der Waals surface area contributed by atoms with Gasteiger partial charge in [0.1, 0.15) is 18.5 Å². The van der Waals surface area contributed by atoms with E-state index in [9.17, 15) is 5.11 Å². The lowest BCUT2D eigenvalue weighted by Crippen LogP contribution is -2.31. The number of para-hydroxylation sites is 1. The summed E-state index contributed by atoms with van der Waals surface area (Å²) in [4.78, 5) is 0. The lowest BCUT2D eigenvalue weighted by atomic mass is 10.1. The summed E-state index contributed by atoms with van der Waals surface area (Å²) < 4.78 is 5.50. The topological polar surface area (TPSA) is 41.5 Å². The van der Waals surface area contributed by atoms with Crippen LogP contribution in [0.2, 0.25) is 5.02 Å². The van der Waals surface area contributed by atoms with Gasteiger partial charge in [-0.15, -0.1) is 0 Å². The zero-order valence-corrected chi connectivity index (χ0v) is 12.8. The molecule has 3 nitrogen and oxygen atoms in total.